The van der Waals surface area contributed by atoms with Gasteiger partial charge in [0, 0.05) is 25.4 Å². The quantitative estimate of drug-likeness (QED) is 0.366. The molecular weight excluding hydrogens is 162 g/mol. The smallest absolute Gasteiger partial charge is 0.0395 e. The molecule has 72 valence electrons. The fourth-order valence-corrected chi connectivity index (χ4v) is 0.744. The van der Waals surface area contributed by atoms with Crippen LogP contribution in [0.1, 0.15) is 6.42 Å². The lowest BCUT2D eigenvalue weighted by molar-refractivity contribution is 0.266. The van der Waals surface area contributed by atoms with E-state index in [9.17, 15) is 0 Å². The highest BCUT2D eigenvalue weighted by atomic mass is 15.5. The zero-order chi connectivity index (χ0) is 10.1. The Bertz CT molecular complexity index is 223. The molecule has 0 aliphatic rings. The fourth-order valence-electron chi connectivity index (χ4n) is 0.744. The summed E-state index contributed by atoms with van der Waals surface area (Å²) in [6, 6.07) is 0. The van der Waals surface area contributed by atoms with Gasteiger partial charge in [-0.25, -0.2) is 5.01 Å². The van der Waals surface area contributed by atoms with E-state index in [4.69, 9.17) is 12.2 Å². The van der Waals surface area contributed by atoms with Gasteiger partial charge in [0.05, 0.1) is 0 Å². The van der Waals surface area contributed by atoms with Crippen molar-refractivity contribution in [2.24, 2.45) is 5.73 Å². The second-order valence-corrected chi connectivity index (χ2v) is 2.65. The molecule has 0 aromatic heterocycles. The van der Waals surface area contributed by atoms with E-state index in [0.29, 0.717) is 5.70 Å². The van der Waals surface area contributed by atoms with Crippen LogP contribution >= 0.6 is 0 Å². The van der Waals surface area contributed by atoms with E-state index in [0.717, 1.165) is 13.0 Å². The van der Waals surface area contributed by atoms with Gasteiger partial charge in [-0.15, -0.1) is 6.42 Å². The van der Waals surface area contributed by atoms with E-state index in [1.807, 2.05) is 31.3 Å². The number of nitrogens with one attached hydrogen (secondary N) is 1. The van der Waals surface area contributed by atoms with Gasteiger partial charge in [-0.1, -0.05) is 12.0 Å². The molecule has 0 radical (unpaired) electrons. The third-order valence-corrected chi connectivity index (χ3v) is 1.57. The Morgan fingerprint density at radius 2 is 2.38 bits per heavy atom. The highest BCUT2D eigenvalue weighted by Crippen LogP contribution is 1.90. The Labute approximate surface area is 80.3 Å². The van der Waals surface area contributed by atoms with Crippen molar-refractivity contribution in [3.8, 4) is 12.3 Å². The zero-order valence-electron chi connectivity index (χ0n) is 8.25. The van der Waals surface area contributed by atoms with Crippen molar-refractivity contribution in [2.45, 2.75) is 6.42 Å². The molecule has 3 N–H and O–H groups in total. The molecule has 3 nitrogen and oxygen atoms in total. The number of allylic oxidation sites excluding steroid dienone is 2. The van der Waals surface area contributed by atoms with Crippen LogP contribution in [-0.2, 0) is 0 Å². The SMILES string of the molecule is C#C/C=C(N)\C=C/CCN(C)NC. The maximum atomic E-state index is 5.54. The predicted octanol–water partition coefficient (Wildman–Crippen LogP) is 0.475. The van der Waals surface area contributed by atoms with Gasteiger partial charge in [-0.3, -0.25) is 5.43 Å². The van der Waals surface area contributed by atoms with Gasteiger partial charge in [0.25, 0.3) is 0 Å². The first-order valence-electron chi connectivity index (χ1n) is 4.17. The first-order valence-corrected chi connectivity index (χ1v) is 4.17. The van der Waals surface area contributed by atoms with E-state index < -0.39 is 0 Å². The highest BCUT2D eigenvalue weighted by molar-refractivity contribution is 5.23. The standard InChI is InChI=1S/C10H17N3/c1-4-7-10(11)8-5-6-9-13(3)12-2/h1,5,7-8,12H,6,9,11H2,2-3H3/b8-5-,10-7+. The highest BCUT2D eigenvalue weighted by Gasteiger charge is 1.89. The summed E-state index contributed by atoms with van der Waals surface area (Å²) in [5.74, 6) is 2.37. The molecule has 0 saturated carbocycles. The van der Waals surface area contributed by atoms with Gasteiger partial charge in [-0.05, 0) is 19.5 Å². The first-order chi connectivity index (χ1) is 6.20. The van der Waals surface area contributed by atoms with E-state index in [1.54, 1.807) is 0 Å². The van der Waals surface area contributed by atoms with Crippen LogP contribution < -0.4 is 11.2 Å². The minimum atomic E-state index is 0.620. The Kier molecular flexibility index (Phi) is 6.70. The third-order valence-electron chi connectivity index (χ3n) is 1.57. The number of hydrogen-bond acceptors (Lipinski definition) is 3. The van der Waals surface area contributed by atoms with E-state index >= 15 is 0 Å². The summed E-state index contributed by atoms with van der Waals surface area (Å²) in [7, 11) is 3.87. The van der Waals surface area contributed by atoms with Crippen LogP contribution in [-0.4, -0.2) is 25.6 Å². The van der Waals surface area contributed by atoms with Gasteiger partial charge in [0.15, 0.2) is 0 Å². The molecule has 0 fully saturated rings. The lowest BCUT2D eigenvalue weighted by Crippen LogP contribution is -2.31. The number of hydrogen-bond donors (Lipinski definition) is 2. The minimum Gasteiger partial charge on any atom is -0.398 e. The normalized spacial score (nSPS) is 12.3. The van der Waals surface area contributed by atoms with Gasteiger partial charge < -0.3 is 5.73 Å². The largest absolute Gasteiger partial charge is 0.398 e. The minimum absolute atomic E-state index is 0.620. The van der Waals surface area contributed by atoms with Crippen LogP contribution in [0.25, 0.3) is 0 Å². The number of nitrogens with zero attached hydrogens (tertiary/aromatic N) is 1. The molecule has 0 aliphatic heterocycles. The predicted molar refractivity (Wildman–Crippen MR) is 56.6 cm³/mol. The first kappa shape index (κ1) is 11.8. The van der Waals surface area contributed by atoms with E-state index in [1.165, 1.54) is 6.08 Å². The molecule has 0 atom stereocenters. The van der Waals surface area contributed by atoms with Crippen molar-refractivity contribution in [3.05, 3.63) is 23.9 Å². The summed E-state index contributed by atoms with van der Waals surface area (Å²) in [6.45, 7) is 0.941. The summed E-state index contributed by atoms with van der Waals surface area (Å²) in [4.78, 5) is 0. The molecule has 3 heteroatoms. The van der Waals surface area contributed by atoms with Gasteiger partial charge in [0.1, 0.15) is 0 Å². The molecular formula is C10H17N3. The maximum absolute atomic E-state index is 5.54. The zero-order valence-corrected chi connectivity index (χ0v) is 8.25. The third kappa shape index (κ3) is 7.13. The summed E-state index contributed by atoms with van der Waals surface area (Å²) in [5, 5.41) is 1.99. The van der Waals surface area contributed by atoms with Crippen molar-refractivity contribution >= 4 is 0 Å². The average molecular weight is 179 g/mol. The lowest BCUT2D eigenvalue weighted by atomic mass is 10.3. The number of terminal acetylenes is 1. The number of hydrazine groups is 1. The Balaban J connectivity index is 3.65. The van der Waals surface area contributed by atoms with Crippen LogP contribution in [0.3, 0.4) is 0 Å². The van der Waals surface area contributed by atoms with Crippen LogP contribution in [0.4, 0.5) is 0 Å². The van der Waals surface area contributed by atoms with Gasteiger partial charge in [-0.2, -0.15) is 0 Å². The van der Waals surface area contributed by atoms with Crippen LogP contribution in [0.2, 0.25) is 0 Å². The Morgan fingerprint density at radius 1 is 1.69 bits per heavy atom. The molecule has 0 aromatic rings. The molecule has 13 heavy (non-hydrogen) atoms. The summed E-state index contributed by atoms with van der Waals surface area (Å²) >= 11 is 0. The summed E-state index contributed by atoms with van der Waals surface area (Å²) in [5.41, 5.74) is 9.16. The number of nitrogens with two attached hydrogens (primary N) is 1. The second-order valence-electron chi connectivity index (χ2n) is 2.65. The molecule has 0 spiro atoms. The summed E-state index contributed by atoms with van der Waals surface area (Å²) < 4.78 is 0. The second kappa shape index (κ2) is 7.41. The van der Waals surface area contributed by atoms with E-state index in [-0.39, 0.29) is 0 Å². The van der Waals surface area contributed by atoms with Crippen molar-refractivity contribution in [3.63, 3.8) is 0 Å². The van der Waals surface area contributed by atoms with Gasteiger partial charge >= 0.3 is 0 Å². The molecule has 0 saturated heterocycles. The van der Waals surface area contributed by atoms with Crippen molar-refractivity contribution < 1.29 is 0 Å². The van der Waals surface area contributed by atoms with Crippen LogP contribution in [0.15, 0.2) is 23.9 Å². The van der Waals surface area contributed by atoms with Crippen LogP contribution in [0, 0.1) is 12.3 Å². The van der Waals surface area contributed by atoms with E-state index in [2.05, 4.69) is 11.3 Å². The van der Waals surface area contributed by atoms with Gasteiger partial charge in [0.2, 0.25) is 0 Å². The van der Waals surface area contributed by atoms with Crippen molar-refractivity contribution in [1.29, 1.82) is 0 Å². The van der Waals surface area contributed by atoms with Crippen molar-refractivity contribution in [1.82, 2.24) is 10.4 Å². The topological polar surface area (TPSA) is 41.3 Å². The molecule has 0 aromatic carbocycles. The maximum Gasteiger partial charge on any atom is 0.0395 e. The average Bonchev–Trinajstić information content (AvgIpc) is 2.12. The molecule has 0 aliphatic carbocycles. The molecule has 0 amide bonds. The molecule has 0 bridgehead atoms. The Hall–Kier alpha value is -1.24. The van der Waals surface area contributed by atoms with Crippen LogP contribution in [0.5, 0.6) is 0 Å². The Morgan fingerprint density at radius 3 is 2.92 bits per heavy atom. The number of rotatable bonds is 5. The molecule has 0 rings (SSSR count). The monoisotopic (exact) mass is 179 g/mol. The summed E-state index contributed by atoms with van der Waals surface area (Å²) in [6.07, 6.45) is 11.3. The molecule has 0 heterocycles. The fraction of sp³-hybridized carbons (Fsp3) is 0.400. The molecule has 0 unspecified atom stereocenters. The lowest BCUT2D eigenvalue weighted by Gasteiger charge is -2.12. The van der Waals surface area contributed by atoms with Crippen molar-refractivity contribution in [2.75, 3.05) is 20.6 Å².